The van der Waals surface area contributed by atoms with Crippen molar-refractivity contribution >= 4 is 12.0 Å². The molecule has 43 heavy (non-hydrogen) atoms. The minimum atomic E-state index is -4.74. The molecule has 4 rings (SSSR count). The molecule has 0 fully saturated rings. The molecule has 4 aromatic rings. The Labute approximate surface area is 245 Å². The third-order valence-electron chi connectivity index (χ3n) is 6.57. The Morgan fingerprint density at radius 2 is 1.81 bits per heavy atom. The zero-order chi connectivity index (χ0) is 31.4. The summed E-state index contributed by atoms with van der Waals surface area (Å²) >= 11 is 0. The van der Waals surface area contributed by atoms with Crippen LogP contribution in [0.3, 0.4) is 0 Å². The molecule has 0 spiro atoms. The fraction of sp³-hybridized carbons (Fsp3) is 0.345. The summed E-state index contributed by atoms with van der Waals surface area (Å²) < 4.78 is 48.9. The van der Waals surface area contributed by atoms with Crippen molar-refractivity contribution in [2.24, 2.45) is 7.05 Å². The molecule has 1 aromatic carbocycles. The van der Waals surface area contributed by atoms with E-state index >= 15 is 0 Å². The number of ether oxygens (including phenoxy) is 1. The number of rotatable bonds is 10. The predicted octanol–water partition coefficient (Wildman–Crippen LogP) is 3.77. The van der Waals surface area contributed by atoms with Gasteiger partial charge in [0.05, 0.1) is 29.7 Å². The van der Waals surface area contributed by atoms with E-state index < -0.39 is 41.0 Å². The number of halogens is 3. The monoisotopic (exact) mass is 599 g/mol. The Morgan fingerprint density at radius 3 is 2.44 bits per heavy atom. The summed E-state index contributed by atoms with van der Waals surface area (Å²) in [7, 11) is 3.16. The van der Waals surface area contributed by atoms with E-state index in [2.05, 4.69) is 20.5 Å². The smallest absolute Gasteiger partial charge is 0.435 e. The van der Waals surface area contributed by atoms with Crippen molar-refractivity contribution in [1.82, 2.24) is 34.8 Å². The van der Waals surface area contributed by atoms with Gasteiger partial charge in [-0.1, -0.05) is 36.4 Å². The molecular weight excluding hydrogens is 567 g/mol. The Balaban J connectivity index is 1.56. The molecule has 3 aromatic heterocycles. The van der Waals surface area contributed by atoms with E-state index in [1.807, 2.05) is 18.2 Å². The normalized spacial score (nSPS) is 12.5. The number of aromatic amines is 1. The minimum Gasteiger partial charge on any atom is -0.445 e. The number of carbonyl (C=O) groups is 2. The number of aryl methyl sites for hydroxylation is 1. The Morgan fingerprint density at radius 1 is 1.09 bits per heavy atom. The van der Waals surface area contributed by atoms with Crippen LogP contribution in [-0.4, -0.2) is 60.1 Å². The predicted molar refractivity (Wildman–Crippen MR) is 151 cm³/mol. The van der Waals surface area contributed by atoms with E-state index in [4.69, 9.17) is 4.74 Å². The lowest BCUT2D eigenvalue weighted by molar-refractivity contribution is -0.141. The number of carbonyl (C=O) groups excluding carboxylic acids is 2. The summed E-state index contributed by atoms with van der Waals surface area (Å²) in [5, 5.41) is 10.7. The molecule has 1 atom stereocenters. The second-order valence-corrected chi connectivity index (χ2v) is 10.8. The Kier molecular flexibility index (Phi) is 9.07. The van der Waals surface area contributed by atoms with Crippen LogP contribution in [0.5, 0.6) is 0 Å². The van der Waals surface area contributed by atoms with Crippen LogP contribution in [0, 0.1) is 0 Å². The van der Waals surface area contributed by atoms with E-state index in [0.29, 0.717) is 5.56 Å². The Hall–Kier alpha value is -4.88. The summed E-state index contributed by atoms with van der Waals surface area (Å²) in [6.45, 7) is 3.04. The third-order valence-corrected chi connectivity index (χ3v) is 6.57. The number of amides is 2. The van der Waals surface area contributed by atoms with Crippen LogP contribution in [-0.2, 0) is 42.3 Å². The molecule has 0 saturated carbocycles. The lowest BCUT2D eigenvalue weighted by atomic mass is 10.0. The van der Waals surface area contributed by atoms with Crippen molar-refractivity contribution in [1.29, 1.82) is 0 Å². The van der Waals surface area contributed by atoms with Gasteiger partial charge >= 0.3 is 12.3 Å². The van der Waals surface area contributed by atoms with Crippen LogP contribution in [0.15, 0.2) is 71.8 Å². The second kappa shape index (κ2) is 12.5. The van der Waals surface area contributed by atoms with E-state index in [1.165, 1.54) is 30.1 Å². The molecule has 11 nitrogen and oxygen atoms in total. The Bertz CT molecular complexity index is 1630. The number of alkyl halides is 3. The third kappa shape index (κ3) is 8.11. The number of hydrogen-bond acceptors (Lipinski definition) is 6. The highest BCUT2D eigenvalue weighted by Crippen LogP contribution is 2.31. The summed E-state index contributed by atoms with van der Waals surface area (Å²) in [6.07, 6.45) is -2.08. The number of aromatic nitrogens is 5. The van der Waals surface area contributed by atoms with Crippen LogP contribution >= 0.6 is 0 Å². The fourth-order valence-corrected chi connectivity index (χ4v) is 4.48. The van der Waals surface area contributed by atoms with Crippen molar-refractivity contribution in [2.75, 3.05) is 7.05 Å². The molecule has 0 aliphatic rings. The molecule has 0 saturated heterocycles. The van der Waals surface area contributed by atoms with Crippen LogP contribution in [0.1, 0.15) is 30.7 Å². The molecule has 0 aliphatic carbocycles. The van der Waals surface area contributed by atoms with Gasteiger partial charge in [0.25, 0.3) is 0 Å². The van der Waals surface area contributed by atoms with Crippen LogP contribution in [0.4, 0.5) is 18.0 Å². The maximum atomic E-state index is 13.7. The molecule has 228 valence electrons. The molecule has 3 heterocycles. The van der Waals surface area contributed by atoms with Crippen LogP contribution < -0.4 is 10.9 Å². The first-order valence-corrected chi connectivity index (χ1v) is 13.3. The number of pyridine rings is 1. The van der Waals surface area contributed by atoms with Gasteiger partial charge in [-0.25, -0.2) is 4.79 Å². The highest BCUT2D eigenvalue weighted by Gasteiger charge is 2.37. The van der Waals surface area contributed by atoms with E-state index in [9.17, 15) is 27.6 Å². The zero-order valence-electron chi connectivity index (χ0n) is 24.1. The molecule has 0 aliphatic heterocycles. The number of likely N-dealkylation sites (N-methyl/N-ethyl adjacent to an activating group) is 1. The van der Waals surface area contributed by atoms with Gasteiger partial charge in [0.2, 0.25) is 11.5 Å². The van der Waals surface area contributed by atoms with Gasteiger partial charge in [0, 0.05) is 32.8 Å². The van der Waals surface area contributed by atoms with Crippen LogP contribution in [0.25, 0.3) is 11.4 Å². The number of nitrogens with one attached hydrogen (secondary N) is 2. The van der Waals surface area contributed by atoms with E-state index in [-0.39, 0.29) is 31.0 Å². The van der Waals surface area contributed by atoms with Crippen molar-refractivity contribution in [3.63, 3.8) is 0 Å². The van der Waals surface area contributed by atoms with Crippen molar-refractivity contribution in [3.05, 3.63) is 94.2 Å². The summed E-state index contributed by atoms with van der Waals surface area (Å²) in [5.74, 6) is -0.564. The van der Waals surface area contributed by atoms with Gasteiger partial charge in [0.1, 0.15) is 12.6 Å². The summed E-state index contributed by atoms with van der Waals surface area (Å²) in [5.41, 5.74) is -1.20. The average Bonchev–Trinajstić information content (AvgIpc) is 3.55. The minimum absolute atomic E-state index is 0.00192. The largest absolute Gasteiger partial charge is 0.445 e. The lowest BCUT2D eigenvalue weighted by Gasteiger charge is -2.32. The van der Waals surface area contributed by atoms with Crippen molar-refractivity contribution in [3.8, 4) is 11.4 Å². The first kappa shape index (κ1) is 31.1. The fourth-order valence-electron chi connectivity index (χ4n) is 4.48. The summed E-state index contributed by atoms with van der Waals surface area (Å²) in [6, 6.07) is 13.0. The lowest BCUT2D eigenvalue weighted by Crippen LogP contribution is -2.55. The quantitative estimate of drug-likeness (QED) is 0.286. The number of nitrogens with zero attached hydrogens (tertiary/aromatic N) is 5. The van der Waals surface area contributed by atoms with Gasteiger partial charge in [-0.2, -0.15) is 23.4 Å². The molecule has 14 heteroatoms. The number of hydrogen-bond donors (Lipinski definition) is 2. The van der Waals surface area contributed by atoms with Crippen molar-refractivity contribution < 1.29 is 27.5 Å². The number of H-pyrrole nitrogens is 1. The zero-order valence-corrected chi connectivity index (χ0v) is 24.1. The first-order valence-electron chi connectivity index (χ1n) is 13.3. The highest BCUT2D eigenvalue weighted by atomic mass is 19.4. The van der Waals surface area contributed by atoms with Gasteiger partial charge in [0.15, 0.2) is 5.69 Å². The van der Waals surface area contributed by atoms with Crippen LogP contribution in [0.2, 0.25) is 0 Å². The average molecular weight is 600 g/mol. The number of benzene rings is 1. The standard InChI is InChI=1S/C29H32F3N7O4/c1-28(2,18-39-22(14-24(36-39)29(30,31)32)21-11-8-12-25(40)34-21)35-26(41)23(13-20-15-33-37(3)16-20)38(4)27(42)43-17-19-9-6-5-7-10-19/h5-12,14-16,23H,13,17-18H2,1-4H3,(H,34,40)(H,35,41)/t23-/m1/s1. The molecular formula is C29H32F3N7O4. The van der Waals surface area contributed by atoms with E-state index in [0.717, 1.165) is 16.3 Å². The second-order valence-electron chi connectivity index (χ2n) is 10.8. The maximum Gasteiger partial charge on any atom is 0.435 e. The molecule has 0 radical (unpaired) electrons. The molecule has 0 bridgehead atoms. The molecule has 0 unspecified atom stereocenters. The summed E-state index contributed by atoms with van der Waals surface area (Å²) in [4.78, 5) is 42.3. The highest BCUT2D eigenvalue weighted by molar-refractivity contribution is 5.86. The molecule has 2 amide bonds. The topological polar surface area (TPSA) is 127 Å². The van der Waals surface area contributed by atoms with Gasteiger partial charge < -0.3 is 15.0 Å². The molecule has 2 N–H and O–H groups in total. The van der Waals surface area contributed by atoms with Crippen molar-refractivity contribution in [2.45, 2.75) is 51.2 Å². The van der Waals surface area contributed by atoms with Gasteiger partial charge in [-0.15, -0.1) is 0 Å². The van der Waals surface area contributed by atoms with Gasteiger partial charge in [-0.05, 0) is 37.1 Å². The van der Waals surface area contributed by atoms with Gasteiger partial charge in [-0.3, -0.25) is 23.9 Å². The maximum absolute atomic E-state index is 13.7. The SMILES string of the molecule is CN(C(=O)OCc1ccccc1)[C@H](Cc1cnn(C)c1)C(=O)NC(C)(C)Cn1nc(C(F)(F)F)cc1-c1cccc(=O)[nH]1. The first-order chi connectivity index (χ1) is 20.2. The van der Waals surface area contributed by atoms with E-state index in [1.54, 1.807) is 50.1 Å².